The molecule has 0 bridgehead atoms. The zero-order chi connectivity index (χ0) is 12.8. The molecule has 5 heteroatoms. The molecule has 0 unspecified atom stereocenters. The van der Waals surface area contributed by atoms with Crippen LogP contribution in [0, 0.1) is 5.41 Å². The third-order valence-electron chi connectivity index (χ3n) is 2.53. The first-order chi connectivity index (χ1) is 8.06. The highest BCUT2D eigenvalue weighted by Gasteiger charge is 2.11. The predicted molar refractivity (Wildman–Crippen MR) is 69.4 cm³/mol. The maximum atomic E-state index is 8.87. The lowest BCUT2D eigenvalue weighted by molar-refractivity contribution is 0.288. The Morgan fingerprint density at radius 2 is 2.24 bits per heavy atom. The minimum absolute atomic E-state index is 0.0236. The van der Waals surface area contributed by atoms with Crippen LogP contribution >= 0.6 is 0 Å². The zero-order valence-electron chi connectivity index (χ0n) is 10.3. The van der Waals surface area contributed by atoms with Crippen molar-refractivity contribution in [2.24, 2.45) is 5.73 Å². The molecule has 0 saturated carbocycles. The number of hydrogen-bond acceptors (Lipinski definition) is 4. The summed E-state index contributed by atoms with van der Waals surface area (Å²) in [6, 6.07) is 3.96. The minimum atomic E-state index is 0.0236. The van der Waals surface area contributed by atoms with Crippen LogP contribution < -0.4 is 10.6 Å². The largest absolute Gasteiger partial charge is 0.396 e. The van der Waals surface area contributed by atoms with E-state index in [1.165, 1.54) is 0 Å². The lowest BCUT2D eigenvalue weighted by atomic mass is 10.2. The van der Waals surface area contributed by atoms with Gasteiger partial charge in [-0.05, 0) is 32.4 Å². The number of nitrogen functional groups attached to an aromatic ring is 1. The Morgan fingerprint density at radius 3 is 2.65 bits per heavy atom. The van der Waals surface area contributed by atoms with Crippen molar-refractivity contribution in [2.45, 2.75) is 26.3 Å². The van der Waals surface area contributed by atoms with Gasteiger partial charge in [-0.3, -0.25) is 5.41 Å². The molecule has 0 saturated heterocycles. The number of nitrogens with two attached hydrogens (primary N) is 1. The third-order valence-corrected chi connectivity index (χ3v) is 2.53. The number of rotatable bonds is 6. The number of nitrogens with one attached hydrogen (secondary N) is 1. The summed E-state index contributed by atoms with van der Waals surface area (Å²) in [6.45, 7) is 5.10. The highest BCUT2D eigenvalue weighted by molar-refractivity contribution is 5.94. The maximum absolute atomic E-state index is 8.87. The molecule has 17 heavy (non-hydrogen) atoms. The molecule has 0 spiro atoms. The quantitative estimate of drug-likeness (QED) is 0.507. The molecule has 0 aliphatic rings. The lowest BCUT2D eigenvalue weighted by Crippen LogP contribution is -2.33. The van der Waals surface area contributed by atoms with Crippen molar-refractivity contribution in [2.75, 3.05) is 18.1 Å². The summed E-state index contributed by atoms with van der Waals surface area (Å²) in [6.07, 6.45) is 2.32. The lowest BCUT2D eigenvalue weighted by Gasteiger charge is -2.27. The average Bonchev–Trinajstić information content (AvgIpc) is 2.29. The molecule has 1 rings (SSSR count). The van der Waals surface area contributed by atoms with E-state index in [9.17, 15) is 0 Å². The van der Waals surface area contributed by atoms with Crippen LogP contribution in [0.15, 0.2) is 18.3 Å². The van der Waals surface area contributed by atoms with Crippen molar-refractivity contribution in [1.29, 1.82) is 5.41 Å². The molecule has 0 fully saturated rings. The van der Waals surface area contributed by atoms with E-state index in [1.807, 2.05) is 6.07 Å². The maximum Gasteiger partial charge on any atom is 0.128 e. The summed E-state index contributed by atoms with van der Waals surface area (Å²) >= 11 is 0. The van der Waals surface area contributed by atoms with Crippen LogP contribution in [-0.4, -0.2) is 35.1 Å². The third kappa shape index (κ3) is 3.71. The van der Waals surface area contributed by atoms with Crippen LogP contribution in [0.1, 0.15) is 25.8 Å². The number of anilines is 1. The van der Waals surface area contributed by atoms with Crippen molar-refractivity contribution >= 4 is 11.7 Å². The molecule has 1 heterocycles. The van der Waals surface area contributed by atoms with E-state index in [-0.39, 0.29) is 12.4 Å². The minimum Gasteiger partial charge on any atom is -0.396 e. The summed E-state index contributed by atoms with van der Waals surface area (Å²) in [7, 11) is 0. The van der Waals surface area contributed by atoms with Gasteiger partial charge in [-0.1, -0.05) is 0 Å². The molecule has 94 valence electrons. The second-order valence-corrected chi connectivity index (χ2v) is 4.18. The van der Waals surface area contributed by atoms with E-state index in [1.54, 1.807) is 12.3 Å². The van der Waals surface area contributed by atoms with Crippen LogP contribution in [0.4, 0.5) is 5.82 Å². The summed E-state index contributed by atoms with van der Waals surface area (Å²) in [4.78, 5) is 6.41. The molecule has 4 N–H and O–H groups in total. The average molecular weight is 236 g/mol. The molecular weight excluding hydrogens is 216 g/mol. The van der Waals surface area contributed by atoms with E-state index in [2.05, 4.69) is 23.7 Å². The van der Waals surface area contributed by atoms with Crippen molar-refractivity contribution in [1.82, 2.24) is 4.98 Å². The van der Waals surface area contributed by atoms with Crippen LogP contribution in [0.5, 0.6) is 0 Å². The van der Waals surface area contributed by atoms with Gasteiger partial charge in [0, 0.05) is 31.0 Å². The Bertz CT molecular complexity index is 361. The summed E-state index contributed by atoms with van der Waals surface area (Å²) in [5.41, 5.74) is 6.00. The number of nitrogens with zero attached hydrogens (tertiary/aromatic N) is 2. The van der Waals surface area contributed by atoms with Gasteiger partial charge in [-0.2, -0.15) is 0 Å². The van der Waals surface area contributed by atoms with Gasteiger partial charge in [-0.15, -0.1) is 0 Å². The number of aliphatic hydroxyl groups excluding tert-OH is 1. The fourth-order valence-electron chi connectivity index (χ4n) is 1.59. The van der Waals surface area contributed by atoms with Crippen molar-refractivity contribution < 1.29 is 5.11 Å². The first kappa shape index (κ1) is 13.4. The number of amidine groups is 1. The van der Waals surface area contributed by atoms with E-state index < -0.39 is 0 Å². The number of hydrogen-bond donors (Lipinski definition) is 3. The molecule has 5 nitrogen and oxygen atoms in total. The van der Waals surface area contributed by atoms with Crippen molar-refractivity contribution in [3.05, 3.63) is 23.9 Å². The molecule has 1 aromatic heterocycles. The fraction of sp³-hybridized carbons (Fsp3) is 0.500. The summed E-state index contributed by atoms with van der Waals surface area (Å²) in [5.74, 6) is 0.869. The standard InChI is InChI=1S/C12H20N4O/c1-9(2)16(6-3-7-17)11-5-4-10(8-15-11)12(13)14/h4-5,8-9,17H,3,6-7H2,1-2H3,(H3,13,14). The summed E-state index contributed by atoms with van der Waals surface area (Å²) < 4.78 is 0. The monoisotopic (exact) mass is 236 g/mol. The SMILES string of the molecule is CC(C)N(CCCO)c1ccc(C(=N)N)cn1. The first-order valence-electron chi connectivity index (χ1n) is 5.74. The number of pyridine rings is 1. The van der Waals surface area contributed by atoms with Gasteiger partial charge in [0.05, 0.1) is 0 Å². The van der Waals surface area contributed by atoms with Gasteiger partial charge in [-0.25, -0.2) is 4.98 Å². The molecule has 0 aliphatic carbocycles. The Balaban J connectivity index is 2.83. The highest BCUT2D eigenvalue weighted by atomic mass is 16.3. The van der Waals surface area contributed by atoms with Crippen LogP contribution in [0.3, 0.4) is 0 Å². The molecule has 0 atom stereocenters. The highest BCUT2D eigenvalue weighted by Crippen LogP contribution is 2.14. The Kier molecular flexibility index (Phi) is 4.90. The van der Waals surface area contributed by atoms with E-state index in [0.29, 0.717) is 18.0 Å². The molecule has 0 aromatic carbocycles. The van der Waals surface area contributed by atoms with Gasteiger partial charge in [0.15, 0.2) is 0 Å². The van der Waals surface area contributed by atoms with E-state index in [0.717, 1.165) is 12.4 Å². The van der Waals surface area contributed by atoms with Gasteiger partial charge in [0.2, 0.25) is 0 Å². The number of aromatic nitrogens is 1. The van der Waals surface area contributed by atoms with Crippen LogP contribution in [-0.2, 0) is 0 Å². The molecule has 1 aromatic rings. The second-order valence-electron chi connectivity index (χ2n) is 4.18. The number of aliphatic hydroxyl groups is 1. The molecule has 0 radical (unpaired) electrons. The Hall–Kier alpha value is -1.62. The molecular formula is C12H20N4O. The van der Waals surface area contributed by atoms with Crippen LogP contribution in [0.25, 0.3) is 0 Å². The van der Waals surface area contributed by atoms with E-state index in [4.69, 9.17) is 16.2 Å². The normalized spacial score (nSPS) is 10.6. The smallest absolute Gasteiger partial charge is 0.128 e. The Labute approximate surface area is 102 Å². The van der Waals surface area contributed by atoms with E-state index >= 15 is 0 Å². The fourth-order valence-corrected chi connectivity index (χ4v) is 1.59. The van der Waals surface area contributed by atoms with Gasteiger partial charge in [0.25, 0.3) is 0 Å². The predicted octanol–water partition coefficient (Wildman–Crippen LogP) is 0.963. The molecule has 0 aliphatic heterocycles. The van der Waals surface area contributed by atoms with Gasteiger partial charge in [0.1, 0.15) is 11.7 Å². The topological polar surface area (TPSA) is 86.2 Å². The Morgan fingerprint density at radius 1 is 1.53 bits per heavy atom. The van der Waals surface area contributed by atoms with Crippen molar-refractivity contribution in [3.8, 4) is 0 Å². The van der Waals surface area contributed by atoms with Crippen molar-refractivity contribution in [3.63, 3.8) is 0 Å². The molecule has 0 amide bonds. The zero-order valence-corrected chi connectivity index (χ0v) is 10.3. The second kappa shape index (κ2) is 6.20. The van der Waals surface area contributed by atoms with Gasteiger partial charge >= 0.3 is 0 Å². The summed E-state index contributed by atoms with van der Waals surface area (Å²) in [5, 5.41) is 16.2. The van der Waals surface area contributed by atoms with Crippen LogP contribution in [0.2, 0.25) is 0 Å². The van der Waals surface area contributed by atoms with Gasteiger partial charge < -0.3 is 15.7 Å². The first-order valence-corrected chi connectivity index (χ1v) is 5.74.